The second-order valence-electron chi connectivity index (χ2n) is 5.37. The van der Waals surface area contributed by atoms with E-state index < -0.39 is 4.92 Å². The maximum absolute atomic E-state index is 10.7. The second kappa shape index (κ2) is 5.91. The van der Waals surface area contributed by atoms with Gasteiger partial charge in [-0.15, -0.1) is 0 Å². The Hall–Kier alpha value is -2.43. The highest BCUT2D eigenvalue weighted by atomic mass is 16.6. The summed E-state index contributed by atoms with van der Waals surface area (Å²) in [5.74, 6) is 0. The lowest BCUT2D eigenvalue weighted by atomic mass is 10.2. The molecule has 1 aromatic heterocycles. The Bertz CT molecular complexity index is 670. The van der Waals surface area contributed by atoms with Gasteiger partial charge in [0.05, 0.1) is 10.6 Å². The molecule has 0 atom stereocenters. The highest BCUT2D eigenvalue weighted by molar-refractivity contribution is 5.81. The summed E-state index contributed by atoms with van der Waals surface area (Å²) in [5, 5.41) is 10.7. The van der Waals surface area contributed by atoms with E-state index in [1.165, 1.54) is 37.8 Å². The van der Waals surface area contributed by atoms with Crippen LogP contribution in [0.3, 0.4) is 0 Å². The monoisotopic (exact) mass is 283 g/mol. The number of rotatable bonds is 4. The van der Waals surface area contributed by atoms with E-state index in [4.69, 9.17) is 0 Å². The van der Waals surface area contributed by atoms with Gasteiger partial charge in [0.2, 0.25) is 0 Å². The smallest absolute Gasteiger partial charge is 0.271 e. The molecule has 5 heteroatoms. The third kappa shape index (κ3) is 3.18. The minimum Gasteiger partial charge on any atom is -0.351 e. The van der Waals surface area contributed by atoms with Gasteiger partial charge < -0.3 is 4.57 Å². The Morgan fingerprint density at radius 3 is 2.86 bits per heavy atom. The topological polar surface area (TPSA) is 60.4 Å². The van der Waals surface area contributed by atoms with Crippen molar-refractivity contribution in [2.45, 2.75) is 31.7 Å². The Morgan fingerprint density at radius 1 is 1.29 bits per heavy atom. The molecule has 0 saturated heterocycles. The minimum absolute atomic E-state index is 0.0631. The van der Waals surface area contributed by atoms with Crippen molar-refractivity contribution in [2.24, 2.45) is 4.99 Å². The molecule has 1 heterocycles. The van der Waals surface area contributed by atoms with Gasteiger partial charge in [0, 0.05) is 42.3 Å². The molecule has 1 saturated carbocycles. The normalized spacial score (nSPS) is 15.8. The number of nitro benzene ring substituents is 1. The fourth-order valence-electron chi connectivity index (χ4n) is 2.77. The van der Waals surface area contributed by atoms with Crippen LogP contribution in [0, 0.1) is 10.1 Å². The average Bonchev–Trinajstić information content (AvgIpc) is 3.16. The minimum atomic E-state index is -0.407. The van der Waals surface area contributed by atoms with Crippen molar-refractivity contribution in [1.82, 2.24) is 4.57 Å². The van der Waals surface area contributed by atoms with E-state index in [1.54, 1.807) is 18.3 Å². The van der Waals surface area contributed by atoms with Crippen LogP contribution >= 0.6 is 0 Å². The van der Waals surface area contributed by atoms with E-state index in [0.717, 1.165) is 5.56 Å². The number of aromatic nitrogens is 1. The molecule has 2 aromatic rings. The average molecular weight is 283 g/mol. The van der Waals surface area contributed by atoms with Crippen molar-refractivity contribution in [3.05, 3.63) is 58.4 Å². The summed E-state index contributed by atoms with van der Waals surface area (Å²) < 4.78 is 2.25. The van der Waals surface area contributed by atoms with Crippen molar-refractivity contribution in [1.29, 1.82) is 0 Å². The van der Waals surface area contributed by atoms with Crippen LogP contribution in [0.15, 0.2) is 47.7 Å². The number of nitro groups is 1. The number of nitrogens with zero attached hydrogens (tertiary/aromatic N) is 3. The zero-order chi connectivity index (χ0) is 14.7. The van der Waals surface area contributed by atoms with Gasteiger partial charge in [-0.3, -0.25) is 15.1 Å². The number of hydrogen-bond donors (Lipinski definition) is 0. The van der Waals surface area contributed by atoms with Crippen LogP contribution in [0.1, 0.15) is 37.3 Å². The standard InChI is InChI=1S/C16H17N3O2/c20-19(21)16-7-3-4-14(10-16)17-11-13-8-9-18(12-13)15-5-1-2-6-15/h3-4,7-12,15H,1-2,5-6H2. The van der Waals surface area contributed by atoms with Crippen LogP contribution in [0.2, 0.25) is 0 Å². The number of non-ortho nitro benzene ring substituents is 1. The number of benzene rings is 1. The predicted molar refractivity (Wildman–Crippen MR) is 82.3 cm³/mol. The summed E-state index contributed by atoms with van der Waals surface area (Å²) in [7, 11) is 0. The van der Waals surface area contributed by atoms with E-state index in [-0.39, 0.29) is 5.69 Å². The lowest BCUT2D eigenvalue weighted by molar-refractivity contribution is -0.384. The van der Waals surface area contributed by atoms with E-state index in [9.17, 15) is 10.1 Å². The van der Waals surface area contributed by atoms with E-state index in [1.807, 2.05) is 6.07 Å². The third-order valence-electron chi connectivity index (χ3n) is 3.89. The summed E-state index contributed by atoms with van der Waals surface area (Å²) in [6, 6.07) is 9.00. The molecule has 1 aliphatic carbocycles. The molecule has 0 bridgehead atoms. The second-order valence-corrected chi connectivity index (χ2v) is 5.37. The van der Waals surface area contributed by atoms with Crippen LogP contribution in [0.25, 0.3) is 0 Å². The first kappa shape index (κ1) is 13.5. The molecule has 0 radical (unpaired) electrons. The summed E-state index contributed by atoms with van der Waals surface area (Å²) in [5.41, 5.74) is 1.68. The van der Waals surface area contributed by atoms with Crippen LogP contribution in [-0.4, -0.2) is 15.7 Å². The summed E-state index contributed by atoms with van der Waals surface area (Å²) >= 11 is 0. The zero-order valence-corrected chi connectivity index (χ0v) is 11.7. The number of hydrogen-bond acceptors (Lipinski definition) is 3. The van der Waals surface area contributed by atoms with Gasteiger partial charge >= 0.3 is 0 Å². The first-order valence-corrected chi connectivity index (χ1v) is 7.18. The molecule has 0 unspecified atom stereocenters. The maximum Gasteiger partial charge on any atom is 0.271 e. The fourth-order valence-corrected chi connectivity index (χ4v) is 2.77. The van der Waals surface area contributed by atoms with Crippen LogP contribution < -0.4 is 0 Å². The van der Waals surface area contributed by atoms with Gasteiger partial charge in [0.15, 0.2) is 0 Å². The Kier molecular flexibility index (Phi) is 3.81. The Balaban J connectivity index is 1.73. The molecule has 5 nitrogen and oxygen atoms in total. The van der Waals surface area contributed by atoms with E-state index >= 15 is 0 Å². The molecule has 0 N–H and O–H groups in total. The van der Waals surface area contributed by atoms with Crippen molar-refractivity contribution < 1.29 is 4.92 Å². The molecular formula is C16H17N3O2. The highest BCUT2D eigenvalue weighted by Gasteiger charge is 2.15. The van der Waals surface area contributed by atoms with E-state index in [2.05, 4.69) is 22.0 Å². The maximum atomic E-state index is 10.7. The molecular weight excluding hydrogens is 266 g/mol. The van der Waals surface area contributed by atoms with Gasteiger partial charge in [-0.1, -0.05) is 18.9 Å². The zero-order valence-electron chi connectivity index (χ0n) is 11.7. The number of aliphatic imine (C=N–C) groups is 1. The first-order valence-electron chi connectivity index (χ1n) is 7.18. The molecule has 108 valence electrons. The predicted octanol–water partition coefficient (Wildman–Crippen LogP) is 4.26. The fraction of sp³-hybridized carbons (Fsp3) is 0.312. The SMILES string of the molecule is O=[N+]([O-])c1cccc(N=Cc2ccn(C3CCCC3)c2)c1. The summed E-state index contributed by atoms with van der Waals surface area (Å²) in [6.45, 7) is 0. The molecule has 21 heavy (non-hydrogen) atoms. The van der Waals surface area contributed by atoms with Crippen LogP contribution in [0.4, 0.5) is 11.4 Å². The summed E-state index contributed by atoms with van der Waals surface area (Å²) in [4.78, 5) is 14.6. The molecule has 0 amide bonds. The molecule has 0 aliphatic heterocycles. The largest absolute Gasteiger partial charge is 0.351 e. The molecule has 1 fully saturated rings. The molecule has 3 rings (SSSR count). The Labute approximate surface area is 123 Å². The van der Waals surface area contributed by atoms with Gasteiger partial charge in [-0.25, -0.2) is 0 Å². The van der Waals surface area contributed by atoms with Gasteiger partial charge in [-0.05, 0) is 25.0 Å². The van der Waals surface area contributed by atoms with Crippen molar-refractivity contribution in [3.8, 4) is 0 Å². The van der Waals surface area contributed by atoms with Crippen molar-refractivity contribution >= 4 is 17.6 Å². The van der Waals surface area contributed by atoms with Crippen molar-refractivity contribution in [3.63, 3.8) is 0 Å². The van der Waals surface area contributed by atoms with Gasteiger partial charge in [0.25, 0.3) is 5.69 Å². The van der Waals surface area contributed by atoms with Gasteiger partial charge in [0.1, 0.15) is 0 Å². The van der Waals surface area contributed by atoms with Crippen molar-refractivity contribution in [2.75, 3.05) is 0 Å². The quantitative estimate of drug-likeness (QED) is 0.478. The van der Waals surface area contributed by atoms with E-state index in [0.29, 0.717) is 11.7 Å². The molecule has 1 aromatic carbocycles. The first-order chi connectivity index (χ1) is 10.2. The Morgan fingerprint density at radius 2 is 2.10 bits per heavy atom. The molecule has 0 spiro atoms. The van der Waals surface area contributed by atoms with Crippen LogP contribution in [-0.2, 0) is 0 Å². The van der Waals surface area contributed by atoms with Crippen LogP contribution in [0.5, 0.6) is 0 Å². The van der Waals surface area contributed by atoms with Gasteiger partial charge in [-0.2, -0.15) is 0 Å². The highest BCUT2D eigenvalue weighted by Crippen LogP contribution is 2.29. The lowest BCUT2D eigenvalue weighted by Gasteiger charge is -2.10. The molecule has 1 aliphatic rings. The third-order valence-corrected chi connectivity index (χ3v) is 3.89. The summed E-state index contributed by atoms with van der Waals surface area (Å²) in [6.07, 6.45) is 11.0. The lowest BCUT2D eigenvalue weighted by Crippen LogP contribution is -2.00.